The number of likely N-dealkylation sites (tertiary alicyclic amines) is 1. The summed E-state index contributed by atoms with van der Waals surface area (Å²) >= 11 is 0. The molecule has 0 N–H and O–H groups in total. The lowest BCUT2D eigenvalue weighted by Crippen LogP contribution is -2.27. The summed E-state index contributed by atoms with van der Waals surface area (Å²) in [4.78, 5) is 13.7. The maximum atomic E-state index is 13.5. The van der Waals surface area contributed by atoms with Crippen molar-refractivity contribution in [2.45, 2.75) is 12.8 Å². The minimum Gasteiger partial charge on any atom is -0.339 e. The Hall–Kier alpha value is -1.64. The Morgan fingerprint density at radius 2 is 2.06 bits per heavy atom. The Kier molecular flexibility index (Phi) is 3.04. The summed E-state index contributed by atoms with van der Waals surface area (Å²) in [5, 5.41) is 0. The number of halogens is 1. The van der Waals surface area contributed by atoms with E-state index in [-0.39, 0.29) is 11.7 Å². The van der Waals surface area contributed by atoms with Crippen LogP contribution >= 0.6 is 0 Å². The van der Waals surface area contributed by atoms with Crippen LogP contribution in [0.4, 0.5) is 4.39 Å². The standard InChI is InChI=1S/C13H14FNO/c1-2-10-5-6-11(9-12(10)14)13(16)15-7-3-4-8-15/h2,5-6,9H,1,3-4,7-8H2. The lowest BCUT2D eigenvalue weighted by atomic mass is 10.1. The molecule has 2 rings (SSSR count). The van der Waals surface area contributed by atoms with Gasteiger partial charge >= 0.3 is 0 Å². The van der Waals surface area contributed by atoms with Crippen molar-refractivity contribution >= 4 is 12.0 Å². The minimum atomic E-state index is -0.389. The zero-order valence-corrected chi connectivity index (χ0v) is 9.08. The first-order valence-corrected chi connectivity index (χ1v) is 5.43. The summed E-state index contributed by atoms with van der Waals surface area (Å²) in [6, 6.07) is 4.53. The van der Waals surface area contributed by atoms with Crippen LogP contribution in [0.15, 0.2) is 24.8 Å². The van der Waals surface area contributed by atoms with Gasteiger partial charge in [0.05, 0.1) is 0 Å². The molecule has 0 aromatic heterocycles. The average molecular weight is 219 g/mol. The van der Waals surface area contributed by atoms with Gasteiger partial charge in [0.15, 0.2) is 0 Å². The van der Waals surface area contributed by atoms with Gasteiger partial charge < -0.3 is 4.90 Å². The molecule has 1 aromatic carbocycles. The first-order chi connectivity index (χ1) is 7.72. The van der Waals surface area contributed by atoms with E-state index >= 15 is 0 Å². The number of benzene rings is 1. The van der Waals surface area contributed by atoms with Crippen molar-refractivity contribution < 1.29 is 9.18 Å². The zero-order chi connectivity index (χ0) is 11.5. The van der Waals surface area contributed by atoms with E-state index < -0.39 is 0 Å². The van der Waals surface area contributed by atoms with E-state index in [0.717, 1.165) is 25.9 Å². The van der Waals surface area contributed by atoms with Gasteiger partial charge in [-0.1, -0.05) is 18.7 Å². The van der Waals surface area contributed by atoms with Crippen LogP contribution in [0.5, 0.6) is 0 Å². The fraction of sp³-hybridized carbons (Fsp3) is 0.308. The van der Waals surface area contributed by atoms with E-state index in [2.05, 4.69) is 6.58 Å². The molecule has 84 valence electrons. The van der Waals surface area contributed by atoms with E-state index in [9.17, 15) is 9.18 Å². The fourth-order valence-electron chi connectivity index (χ4n) is 1.93. The van der Waals surface area contributed by atoms with Crippen molar-refractivity contribution in [3.05, 3.63) is 41.7 Å². The molecule has 1 aromatic rings. The van der Waals surface area contributed by atoms with Gasteiger partial charge in [-0.05, 0) is 25.0 Å². The lowest BCUT2D eigenvalue weighted by Gasteiger charge is -2.15. The topological polar surface area (TPSA) is 20.3 Å². The predicted molar refractivity (Wildman–Crippen MR) is 61.6 cm³/mol. The molecule has 0 bridgehead atoms. The third-order valence-electron chi connectivity index (χ3n) is 2.86. The molecule has 16 heavy (non-hydrogen) atoms. The van der Waals surface area contributed by atoms with Crippen molar-refractivity contribution in [1.29, 1.82) is 0 Å². The van der Waals surface area contributed by atoms with Gasteiger partial charge in [0, 0.05) is 24.2 Å². The van der Waals surface area contributed by atoms with Crippen LogP contribution in [0.3, 0.4) is 0 Å². The Balaban J connectivity index is 2.23. The van der Waals surface area contributed by atoms with Crippen LogP contribution in [0.1, 0.15) is 28.8 Å². The summed E-state index contributed by atoms with van der Waals surface area (Å²) in [7, 11) is 0. The smallest absolute Gasteiger partial charge is 0.253 e. The third kappa shape index (κ3) is 1.98. The summed E-state index contributed by atoms with van der Waals surface area (Å²) in [5.41, 5.74) is 0.850. The number of hydrogen-bond donors (Lipinski definition) is 0. The highest BCUT2D eigenvalue weighted by Crippen LogP contribution is 2.16. The molecule has 1 fully saturated rings. The second-order valence-electron chi connectivity index (χ2n) is 3.94. The Bertz CT molecular complexity index is 422. The van der Waals surface area contributed by atoms with Crippen LogP contribution < -0.4 is 0 Å². The van der Waals surface area contributed by atoms with Crippen LogP contribution in [-0.2, 0) is 0 Å². The normalized spacial score (nSPS) is 15.2. The molecule has 1 aliphatic rings. The molecular formula is C13H14FNO. The Morgan fingerprint density at radius 3 is 2.62 bits per heavy atom. The maximum absolute atomic E-state index is 13.5. The van der Waals surface area contributed by atoms with E-state index in [0.29, 0.717) is 11.1 Å². The molecule has 0 aliphatic carbocycles. The maximum Gasteiger partial charge on any atom is 0.253 e. The highest BCUT2D eigenvalue weighted by atomic mass is 19.1. The number of carbonyl (C=O) groups is 1. The second kappa shape index (κ2) is 4.47. The lowest BCUT2D eigenvalue weighted by molar-refractivity contribution is 0.0792. The average Bonchev–Trinajstić information content (AvgIpc) is 2.81. The Labute approximate surface area is 94.4 Å². The summed E-state index contributed by atoms with van der Waals surface area (Å²) < 4.78 is 13.5. The van der Waals surface area contributed by atoms with Crippen molar-refractivity contribution in [3.8, 4) is 0 Å². The van der Waals surface area contributed by atoms with E-state index in [1.54, 1.807) is 17.0 Å². The summed E-state index contributed by atoms with van der Waals surface area (Å²) in [6.45, 7) is 5.07. The summed E-state index contributed by atoms with van der Waals surface area (Å²) in [6.07, 6.45) is 3.53. The Morgan fingerprint density at radius 1 is 1.38 bits per heavy atom. The number of rotatable bonds is 2. The first-order valence-electron chi connectivity index (χ1n) is 5.43. The van der Waals surface area contributed by atoms with Crippen LogP contribution in [0, 0.1) is 5.82 Å². The highest BCUT2D eigenvalue weighted by molar-refractivity contribution is 5.94. The molecule has 0 atom stereocenters. The van der Waals surface area contributed by atoms with Gasteiger partial charge in [-0.15, -0.1) is 0 Å². The van der Waals surface area contributed by atoms with Crippen LogP contribution in [0.25, 0.3) is 6.08 Å². The minimum absolute atomic E-state index is 0.0768. The molecule has 1 aliphatic heterocycles. The molecule has 2 nitrogen and oxygen atoms in total. The van der Waals surface area contributed by atoms with E-state index in [4.69, 9.17) is 0 Å². The number of carbonyl (C=O) groups excluding carboxylic acids is 1. The van der Waals surface area contributed by atoms with E-state index in [1.807, 2.05) is 0 Å². The van der Waals surface area contributed by atoms with Gasteiger partial charge in [0.25, 0.3) is 5.91 Å². The van der Waals surface area contributed by atoms with Crippen molar-refractivity contribution in [2.24, 2.45) is 0 Å². The van der Waals surface area contributed by atoms with Crippen molar-refractivity contribution in [2.75, 3.05) is 13.1 Å². The van der Waals surface area contributed by atoms with Gasteiger partial charge in [-0.3, -0.25) is 4.79 Å². The molecule has 1 saturated heterocycles. The van der Waals surface area contributed by atoms with Gasteiger partial charge in [-0.2, -0.15) is 0 Å². The number of amides is 1. The molecule has 1 heterocycles. The molecule has 1 amide bonds. The zero-order valence-electron chi connectivity index (χ0n) is 9.08. The van der Waals surface area contributed by atoms with Crippen molar-refractivity contribution in [1.82, 2.24) is 4.90 Å². The first kappa shape index (κ1) is 10.9. The van der Waals surface area contributed by atoms with Gasteiger partial charge in [-0.25, -0.2) is 4.39 Å². The monoisotopic (exact) mass is 219 g/mol. The van der Waals surface area contributed by atoms with Crippen molar-refractivity contribution in [3.63, 3.8) is 0 Å². The number of hydrogen-bond acceptors (Lipinski definition) is 1. The van der Waals surface area contributed by atoms with E-state index in [1.165, 1.54) is 12.1 Å². The molecule has 0 unspecified atom stereocenters. The quantitative estimate of drug-likeness (QED) is 0.749. The van der Waals surface area contributed by atoms with Crippen LogP contribution in [-0.4, -0.2) is 23.9 Å². The molecule has 0 radical (unpaired) electrons. The highest BCUT2D eigenvalue weighted by Gasteiger charge is 2.19. The molecule has 0 spiro atoms. The molecule has 0 saturated carbocycles. The van der Waals surface area contributed by atoms with Gasteiger partial charge in [0.2, 0.25) is 0 Å². The summed E-state index contributed by atoms with van der Waals surface area (Å²) in [5.74, 6) is -0.466. The SMILES string of the molecule is C=Cc1ccc(C(=O)N2CCCC2)cc1F. The number of nitrogens with zero attached hydrogens (tertiary/aromatic N) is 1. The van der Waals surface area contributed by atoms with Crippen LogP contribution in [0.2, 0.25) is 0 Å². The van der Waals surface area contributed by atoms with Gasteiger partial charge in [0.1, 0.15) is 5.82 Å². The predicted octanol–water partition coefficient (Wildman–Crippen LogP) is 2.70. The second-order valence-corrected chi connectivity index (χ2v) is 3.94. The molecule has 3 heteroatoms. The largest absolute Gasteiger partial charge is 0.339 e. The third-order valence-corrected chi connectivity index (χ3v) is 2.86. The fourth-order valence-corrected chi connectivity index (χ4v) is 1.93. The molecular weight excluding hydrogens is 205 g/mol.